The Bertz CT molecular complexity index is 1080. The topological polar surface area (TPSA) is 80.1 Å². The molecular formula is C20H18FN5O2. The van der Waals surface area contributed by atoms with Crippen molar-refractivity contribution in [1.29, 1.82) is 0 Å². The van der Waals surface area contributed by atoms with E-state index in [0.29, 0.717) is 31.3 Å². The molecule has 1 aliphatic rings. The number of carbonyl (C=O) groups excluding carboxylic acids is 1. The number of halogens is 1. The first-order valence-corrected chi connectivity index (χ1v) is 8.87. The monoisotopic (exact) mass is 379 g/mol. The van der Waals surface area contributed by atoms with Crippen LogP contribution in [-0.4, -0.2) is 27.2 Å². The van der Waals surface area contributed by atoms with E-state index in [9.17, 15) is 14.0 Å². The lowest BCUT2D eigenvalue weighted by atomic mass is 10.1. The van der Waals surface area contributed by atoms with Crippen LogP contribution in [0.1, 0.15) is 21.6 Å². The first-order valence-electron chi connectivity index (χ1n) is 8.87. The number of nitrogens with one attached hydrogen (secondary N) is 1. The molecule has 2 heterocycles. The summed E-state index contributed by atoms with van der Waals surface area (Å²) in [7, 11) is 0. The molecule has 0 unspecified atom stereocenters. The van der Waals surface area contributed by atoms with Gasteiger partial charge in [0.1, 0.15) is 5.82 Å². The van der Waals surface area contributed by atoms with Gasteiger partial charge in [0.25, 0.3) is 11.5 Å². The Kier molecular flexibility index (Phi) is 4.60. The Morgan fingerprint density at radius 2 is 1.79 bits per heavy atom. The minimum atomic E-state index is -0.561. The van der Waals surface area contributed by atoms with Crippen LogP contribution in [0.2, 0.25) is 0 Å². The Hall–Kier alpha value is -3.55. The second-order valence-corrected chi connectivity index (χ2v) is 6.60. The molecule has 0 saturated carbocycles. The summed E-state index contributed by atoms with van der Waals surface area (Å²) in [5.41, 5.74) is 2.03. The van der Waals surface area contributed by atoms with Crippen LogP contribution in [0.5, 0.6) is 0 Å². The van der Waals surface area contributed by atoms with Crippen molar-refractivity contribution < 1.29 is 9.18 Å². The highest BCUT2D eigenvalue weighted by atomic mass is 19.1. The standard InChI is InChI=1S/C20H18FN5O2/c1-13-2-4-14(5-3-13)12-22-18(27)17-19(28)26-11-10-25(20(26)24-23-17)16-8-6-15(21)7-9-16/h2-9H,10-12H2,1H3,(H,22,27). The van der Waals surface area contributed by atoms with E-state index in [-0.39, 0.29) is 11.5 Å². The molecule has 0 saturated heterocycles. The molecule has 0 aliphatic carbocycles. The van der Waals surface area contributed by atoms with Crippen molar-refractivity contribution in [1.82, 2.24) is 20.1 Å². The third kappa shape index (κ3) is 3.36. The molecule has 28 heavy (non-hydrogen) atoms. The normalized spacial score (nSPS) is 12.7. The van der Waals surface area contributed by atoms with Gasteiger partial charge in [-0.3, -0.25) is 14.2 Å². The van der Waals surface area contributed by atoms with Crippen LogP contribution in [0.3, 0.4) is 0 Å². The van der Waals surface area contributed by atoms with Crippen molar-refractivity contribution in [3.63, 3.8) is 0 Å². The highest BCUT2D eigenvalue weighted by Crippen LogP contribution is 2.26. The van der Waals surface area contributed by atoms with Gasteiger partial charge in [0.2, 0.25) is 11.6 Å². The number of benzene rings is 2. The fourth-order valence-corrected chi connectivity index (χ4v) is 3.09. The predicted octanol–water partition coefficient (Wildman–Crippen LogP) is 2.17. The van der Waals surface area contributed by atoms with Crippen LogP contribution in [0.25, 0.3) is 0 Å². The summed E-state index contributed by atoms with van der Waals surface area (Å²) >= 11 is 0. The van der Waals surface area contributed by atoms with Crippen LogP contribution in [0.15, 0.2) is 53.3 Å². The molecule has 142 valence electrons. The number of hydrogen-bond acceptors (Lipinski definition) is 5. The van der Waals surface area contributed by atoms with Gasteiger partial charge < -0.3 is 10.2 Å². The summed E-state index contributed by atoms with van der Waals surface area (Å²) in [6.07, 6.45) is 0. The van der Waals surface area contributed by atoms with Gasteiger partial charge in [-0.05, 0) is 36.8 Å². The minimum Gasteiger partial charge on any atom is -0.346 e. The molecule has 0 bridgehead atoms. The van der Waals surface area contributed by atoms with E-state index in [1.54, 1.807) is 17.0 Å². The van der Waals surface area contributed by atoms with E-state index in [0.717, 1.165) is 11.1 Å². The number of hydrogen-bond donors (Lipinski definition) is 1. The molecule has 0 radical (unpaired) electrons. The number of anilines is 2. The number of aromatic nitrogens is 3. The fourth-order valence-electron chi connectivity index (χ4n) is 3.09. The molecule has 8 heteroatoms. The Morgan fingerprint density at radius 3 is 2.50 bits per heavy atom. The number of rotatable bonds is 4. The third-order valence-electron chi connectivity index (χ3n) is 4.64. The average Bonchev–Trinajstić information content (AvgIpc) is 3.13. The van der Waals surface area contributed by atoms with Crippen LogP contribution < -0.4 is 15.8 Å². The van der Waals surface area contributed by atoms with E-state index < -0.39 is 11.5 Å². The largest absolute Gasteiger partial charge is 0.346 e. The highest BCUT2D eigenvalue weighted by Gasteiger charge is 2.27. The Morgan fingerprint density at radius 1 is 1.07 bits per heavy atom. The molecular weight excluding hydrogens is 361 g/mol. The molecule has 1 N–H and O–H groups in total. The maximum absolute atomic E-state index is 13.1. The summed E-state index contributed by atoms with van der Waals surface area (Å²) < 4.78 is 14.6. The molecule has 0 atom stereocenters. The van der Waals surface area contributed by atoms with Crippen LogP contribution in [0, 0.1) is 12.7 Å². The fraction of sp³-hybridized carbons (Fsp3) is 0.200. The zero-order chi connectivity index (χ0) is 19.7. The number of fused-ring (bicyclic) bond motifs is 1. The summed E-state index contributed by atoms with van der Waals surface area (Å²) in [5, 5.41) is 10.6. The van der Waals surface area contributed by atoms with E-state index >= 15 is 0 Å². The number of carbonyl (C=O) groups is 1. The predicted molar refractivity (Wildman–Crippen MR) is 102 cm³/mol. The summed E-state index contributed by atoms with van der Waals surface area (Å²) in [4.78, 5) is 26.9. The van der Waals surface area contributed by atoms with Crippen molar-refractivity contribution in [2.45, 2.75) is 20.0 Å². The maximum Gasteiger partial charge on any atom is 0.286 e. The van der Waals surface area contributed by atoms with Crippen molar-refractivity contribution >= 4 is 17.5 Å². The molecule has 4 rings (SSSR count). The lowest BCUT2D eigenvalue weighted by molar-refractivity contribution is 0.0942. The van der Waals surface area contributed by atoms with E-state index in [2.05, 4.69) is 15.5 Å². The second kappa shape index (κ2) is 7.22. The van der Waals surface area contributed by atoms with E-state index in [4.69, 9.17) is 0 Å². The number of nitrogens with zero attached hydrogens (tertiary/aromatic N) is 4. The van der Waals surface area contributed by atoms with Crippen molar-refractivity contribution in [2.75, 3.05) is 11.4 Å². The average molecular weight is 379 g/mol. The van der Waals surface area contributed by atoms with Gasteiger partial charge in [0.15, 0.2) is 0 Å². The van der Waals surface area contributed by atoms with Gasteiger partial charge in [-0.25, -0.2) is 4.39 Å². The Balaban J connectivity index is 1.54. The van der Waals surface area contributed by atoms with Crippen molar-refractivity contribution in [2.24, 2.45) is 0 Å². The zero-order valence-electron chi connectivity index (χ0n) is 15.2. The molecule has 2 aromatic carbocycles. The number of amides is 1. The zero-order valence-corrected chi connectivity index (χ0v) is 15.2. The van der Waals surface area contributed by atoms with Gasteiger partial charge in [-0.2, -0.15) is 0 Å². The van der Waals surface area contributed by atoms with Gasteiger partial charge in [0.05, 0.1) is 0 Å². The second-order valence-electron chi connectivity index (χ2n) is 6.60. The van der Waals surface area contributed by atoms with Crippen LogP contribution in [-0.2, 0) is 13.1 Å². The summed E-state index contributed by atoms with van der Waals surface area (Å²) in [6.45, 7) is 3.14. The molecule has 0 fully saturated rings. The molecule has 3 aromatic rings. The van der Waals surface area contributed by atoms with Crippen LogP contribution >= 0.6 is 0 Å². The molecule has 1 aliphatic heterocycles. The smallest absolute Gasteiger partial charge is 0.286 e. The van der Waals surface area contributed by atoms with E-state index in [1.807, 2.05) is 31.2 Å². The first kappa shape index (κ1) is 17.8. The third-order valence-corrected chi connectivity index (χ3v) is 4.64. The minimum absolute atomic E-state index is 0.239. The van der Waals surface area contributed by atoms with Gasteiger partial charge in [0, 0.05) is 25.3 Å². The lowest BCUT2D eigenvalue weighted by Crippen LogP contribution is -2.34. The van der Waals surface area contributed by atoms with E-state index in [1.165, 1.54) is 16.7 Å². The van der Waals surface area contributed by atoms with Crippen LogP contribution in [0.4, 0.5) is 16.0 Å². The molecule has 1 amide bonds. The van der Waals surface area contributed by atoms with Gasteiger partial charge >= 0.3 is 0 Å². The van der Waals surface area contributed by atoms with Crippen molar-refractivity contribution in [3.8, 4) is 0 Å². The SMILES string of the molecule is Cc1ccc(CNC(=O)c2nnc3n(c2=O)CCN3c2ccc(F)cc2)cc1. The Labute approximate surface area is 160 Å². The molecule has 0 spiro atoms. The maximum atomic E-state index is 13.1. The highest BCUT2D eigenvalue weighted by molar-refractivity contribution is 5.91. The van der Waals surface area contributed by atoms with Crippen molar-refractivity contribution in [3.05, 3.63) is 81.5 Å². The summed E-state index contributed by atoms with van der Waals surface area (Å²) in [5.74, 6) is -0.563. The number of aryl methyl sites for hydroxylation is 1. The molecule has 1 aromatic heterocycles. The quantitative estimate of drug-likeness (QED) is 0.752. The van der Waals surface area contributed by atoms with Gasteiger partial charge in [-0.15, -0.1) is 10.2 Å². The molecule has 7 nitrogen and oxygen atoms in total. The lowest BCUT2D eigenvalue weighted by Gasteiger charge is -2.16. The van der Waals surface area contributed by atoms with Gasteiger partial charge in [-0.1, -0.05) is 29.8 Å². The summed E-state index contributed by atoms with van der Waals surface area (Å²) in [6, 6.07) is 13.6. The first-order chi connectivity index (χ1) is 13.5.